The number of aliphatic hydroxyl groups is 1. The lowest BCUT2D eigenvalue weighted by Crippen LogP contribution is -2.33. The van der Waals surface area contributed by atoms with Gasteiger partial charge in [0, 0.05) is 18.3 Å². The van der Waals surface area contributed by atoms with Crippen LogP contribution < -0.4 is 10.2 Å². The number of hydrogen-bond acceptors (Lipinski definition) is 3. The van der Waals surface area contributed by atoms with E-state index < -0.39 is 12.0 Å². The van der Waals surface area contributed by atoms with Crippen LogP contribution in [0.25, 0.3) is 11.1 Å². The molecule has 5 nitrogen and oxygen atoms in total. The van der Waals surface area contributed by atoms with Gasteiger partial charge in [-0.2, -0.15) is 0 Å². The van der Waals surface area contributed by atoms with E-state index in [0.29, 0.717) is 24.4 Å². The second-order valence-corrected chi connectivity index (χ2v) is 9.36. The maximum absolute atomic E-state index is 13.2. The summed E-state index contributed by atoms with van der Waals surface area (Å²) in [6.45, 7) is 2.14. The van der Waals surface area contributed by atoms with Crippen LogP contribution in [0.3, 0.4) is 0 Å². The number of likely N-dealkylation sites (N-methyl/N-ethyl adjacent to an activating group) is 1. The topological polar surface area (TPSA) is 69.6 Å². The van der Waals surface area contributed by atoms with Crippen molar-refractivity contribution in [1.82, 2.24) is 0 Å². The van der Waals surface area contributed by atoms with Crippen LogP contribution in [0.15, 0.2) is 42.5 Å². The molecule has 1 saturated carbocycles. The van der Waals surface area contributed by atoms with Crippen molar-refractivity contribution in [2.24, 2.45) is 11.8 Å². The van der Waals surface area contributed by atoms with Crippen LogP contribution in [-0.4, -0.2) is 30.1 Å². The SMILES string of the molecule is CCCCCC(O)C(CC1CC1)C(=O)Nc1ccc2c(c1)N(C)C(=O)Cc1ccccc1-2. The molecule has 170 valence electrons. The van der Waals surface area contributed by atoms with E-state index in [1.165, 1.54) is 0 Å². The molecule has 2 aliphatic rings. The first-order chi connectivity index (χ1) is 15.5. The summed E-state index contributed by atoms with van der Waals surface area (Å²) in [6.07, 6.45) is 6.56. The van der Waals surface area contributed by atoms with Gasteiger partial charge in [0.25, 0.3) is 0 Å². The number of rotatable bonds is 9. The first-order valence-electron chi connectivity index (χ1n) is 12.0. The fourth-order valence-corrected chi connectivity index (χ4v) is 4.66. The molecule has 2 unspecified atom stereocenters. The van der Waals surface area contributed by atoms with Gasteiger partial charge in [0.05, 0.1) is 24.1 Å². The summed E-state index contributed by atoms with van der Waals surface area (Å²) >= 11 is 0. The Hall–Kier alpha value is -2.66. The molecular weight excluding hydrogens is 400 g/mol. The van der Waals surface area contributed by atoms with E-state index >= 15 is 0 Å². The molecule has 0 aromatic heterocycles. The fourth-order valence-electron chi connectivity index (χ4n) is 4.66. The Morgan fingerprint density at radius 1 is 1.16 bits per heavy atom. The highest BCUT2D eigenvalue weighted by Crippen LogP contribution is 2.39. The lowest BCUT2D eigenvalue weighted by Gasteiger charge is -2.23. The number of nitrogens with one attached hydrogen (secondary N) is 1. The Labute approximate surface area is 190 Å². The Morgan fingerprint density at radius 3 is 2.69 bits per heavy atom. The number of hydrogen-bond donors (Lipinski definition) is 2. The number of nitrogens with zero attached hydrogens (tertiary/aromatic N) is 1. The molecular formula is C27H34N2O3. The second-order valence-electron chi connectivity index (χ2n) is 9.36. The van der Waals surface area contributed by atoms with Crippen LogP contribution in [0.2, 0.25) is 0 Å². The van der Waals surface area contributed by atoms with E-state index in [0.717, 1.165) is 60.9 Å². The van der Waals surface area contributed by atoms with Gasteiger partial charge in [-0.25, -0.2) is 0 Å². The van der Waals surface area contributed by atoms with Gasteiger partial charge < -0.3 is 15.3 Å². The Balaban J connectivity index is 1.56. The summed E-state index contributed by atoms with van der Waals surface area (Å²) in [6, 6.07) is 13.7. The average molecular weight is 435 g/mol. The molecule has 2 aromatic carbocycles. The molecule has 2 aromatic rings. The summed E-state index contributed by atoms with van der Waals surface area (Å²) in [7, 11) is 1.78. The van der Waals surface area contributed by atoms with Crippen molar-refractivity contribution in [3.63, 3.8) is 0 Å². The molecule has 5 heteroatoms. The monoisotopic (exact) mass is 434 g/mol. The van der Waals surface area contributed by atoms with Gasteiger partial charge in [-0.3, -0.25) is 9.59 Å². The minimum Gasteiger partial charge on any atom is -0.392 e. The lowest BCUT2D eigenvalue weighted by molar-refractivity contribution is -0.124. The van der Waals surface area contributed by atoms with E-state index in [-0.39, 0.29) is 11.8 Å². The number of unbranched alkanes of at least 4 members (excludes halogenated alkanes) is 2. The van der Waals surface area contributed by atoms with Crippen LogP contribution >= 0.6 is 0 Å². The molecule has 32 heavy (non-hydrogen) atoms. The van der Waals surface area contributed by atoms with Crippen molar-refractivity contribution >= 4 is 23.2 Å². The van der Waals surface area contributed by atoms with Crippen molar-refractivity contribution in [2.75, 3.05) is 17.3 Å². The predicted molar refractivity (Wildman–Crippen MR) is 129 cm³/mol. The summed E-state index contributed by atoms with van der Waals surface area (Å²) < 4.78 is 0. The molecule has 0 radical (unpaired) electrons. The molecule has 0 saturated heterocycles. The van der Waals surface area contributed by atoms with Crippen LogP contribution in [0, 0.1) is 11.8 Å². The lowest BCUT2D eigenvalue weighted by atomic mass is 9.91. The molecule has 2 amide bonds. The zero-order valence-electron chi connectivity index (χ0n) is 19.1. The number of carbonyl (C=O) groups excluding carboxylic acids is 2. The summed E-state index contributed by atoms with van der Waals surface area (Å²) in [5.41, 5.74) is 4.51. The van der Waals surface area contributed by atoms with Gasteiger partial charge in [0.1, 0.15) is 0 Å². The molecule has 2 atom stereocenters. The maximum atomic E-state index is 13.2. The van der Waals surface area contributed by atoms with E-state index in [2.05, 4.69) is 12.2 Å². The summed E-state index contributed by atoms with van der Waals surface area (Å²) in [5.74, 6) is 0.0682. The minimum atomic E-state index is -0.612. The molecule has 0 spiro atoms. The fraction of sp³-hybridized carbons (Fsp3) is 0.481. The average Bonchev–Trinajstić information content (AvgIpc) is 3.62. The largest absolute Gasteiger partial charge is 0.392 e. The number of anilines is 2. The highest BCUT2D eigenvalue weighted by Gasteiger charge is 2.34. The van der Waals surface area contributed by atoms with Crippen LogP contribution in [0.5, 0.6) is 0 Å². The van der Waals surface area contributed by atoms with Crippen molar-refractivity contribution < 1.29 is 14.7 Å². The van der Waals surface area contributed by atoms with Gasteiger partial charge in [-0.05, 0) is 42.0 Å². The first-order valence-corrected chi connectivity index (χ1v) is 12.0. The van der Waals surface area contributed by atoms with Crippen LogP contribution in [0.1, 0.15) is 57.4 Å². The third-order valence-electron chi connectivity index (χ3n) is 6.84. The van der Waals surface area contributed by atoms with Crippen molar-refractivity contribution in [3.05, 3.63) is 48.0 Å². The number of aliphatic hydroxyl groups excluding tert-OH is 1. The van der Waals surface area contributed by atoms with E-state index in [9.17, 15) is 14.7 Å². The highest BCUT2D eigenvalue weighted by atomic mass is 16.3. The molecule has 1 fully saturated rings. The number of carbonyl (C=O) groups is 2. The Kier molecular flexibility index (Phi) is 6.95. The summed E-state index contributed by atoms with van der Waals surface area (Å²) in [4.78, 5) is 27.6. The van der Waals surface area contributed by atoms with Gasteiger partial charge in [0.15, 0.2) is 0 Å². The molecule has 1 aliphatic heterocycles. The van der Waals surface area contributed by atoms with Gasteiger partial charge in [-0.1, -0.05) is 69.4 Å². The molecule has 4 rings (SSSR count). The van der Waals surface area contributed by atoms with Crippen LogP contribution in [0.4, 0.5) is 11.4 Å². The maximum Gasteiger partial charge on any atom is 0.231 e. The first kappa shape index (κ1) is 22.5. The van der Waals surface area contributed by atoms with Gasteiger partial charge in [0.2, 0.25) is 11.8 Å². The number of fused-ring (bicyclic) bond motifs is 3. The quantitative estimate of drug-likeness (QED) is 0.535. The Bertz CT molecular complexity index is 983. The minimum absolute atomic E-state index is 0.0256. The van der Waals surface area contributed by atoms with Crippen molar-refractivity contribution in [2.45, 2.75) is 64.4 Å². The molecule has 2 N–H and O–H groups in total. The smallest absolute Gasteiger partial charge is 0.231 e. The molecule has 0 bridgehead atoms. The summed E-state index contributed by atoms with van der Waals surface area (Å²) in [5, 5.41) is 13.8. The zero-order valence-corrected chi connectivity index (χ0v) is 19.1. The zero-order chi connectivity index (χ0) is 22.7. The van der Waals surface area contributed by atoms with E-state index in [4.69, 9.17) is 0 Å². The van der Waals surface area contributed by atoms with Crippen molar-refractivity contribution in [3.8, 4) is 11.1 Å². The number of benzene rings is 2. The highest BCUT2D eigenvalue weighted by molar-refractivity contribution is 6.03. The van der Waals surface area contributed by atoms with E-state index in [1.54, 1.807) is 11.9 Å². The standard InChI is InChI=1S/C27H34N2O3/c1-3-4-5-10-25(30)23(15-18-11-12-18)27(32)28-20-13-14-22-21-9-7-6-8-19(21)16-26(31)29(2)24(22)17-20/h6-9,13-14,17-18,23,25,30H,3-5,10-12,15-16H2,1-2H3,(H,28,32). The Morgan fingerprint density at radius 2 is 1.94 bits per heavy atom. The second kappa shape index (κ2) is 9.86. The van der Waals surface area contributed by atoms with E-state index in [1.807, 2.05) is 42.5 Å². The normalized spacial score (nSPS) is 17.2. The predicted octanol–water partition coefficient (Wildman–Crippen LogP) is 5.17. The molecule has 1 heterocycles. The molecule has 1 aliphatic carbocycles. The van der Waals surface area contributed by atoms with Gasteiger partial charge >= 0.3 is 0 Å². The number of amides is 2. The van der Waals surface area contributed by atoms with Crippen LogP contribution in [-0.2, 0) is 16.0 Å². The van der Waals surface area contributed by atoms with Crippen molar-refractivity contribution in [1.29, 1.82) is 0 Å². The third-order valence-corrected chi connectivity index (χ3v) is 6.84. The van der Waals surface area contributed by atoms with Gasteiger partial charge in [-0.15, -0.1) is 0 Å². The third kappa shape index (κ3) is 5.04.